The number of hydrogen-bond donors (Lipinski definition) is 1. The molecule has 1 rings (SSSR count). The van der Waals surface area contributed by atoms with Crippen LogP contribution in [0.5, 0.6) is 0 Å². The molecule has 0 radical (unpaired) electrons. The number of unbranched alkanes of at least 4 members (excludes halogenated alkanes) is 7. The van der Waals surface area contributed by atoms with Crippen molar-refractivity contribution in [3.63, 3.8) is 0 Å². The highest BCUT2D eigenvalue weighted by atomic mass is 32.1. The summed E-state index contributed by atoms with van der Waals surface area (Å²) < 4.78 is 0. The van der Waals surface area contributed by atoms with Crippen molar-refractivity contribution in [2.75, 3.05) is 6.54 Å². The van der Waals surface area contributed by atoms with Crippen molar-refractivity contribution >= 4 is 11.3 Å². The van der Waals surface area contributed by atoms with Gasteiger partial charge >= 0.3 is 0 Å². The van der Waals surface area contributed by atoms with E-state index in [1.165, 1.54) is 61.1 Å². The molecule has 0 saturated heterocycles. The van der Waals surface area contributed by atoms with Crippen LogP contribution in [0.15, 0.2) is 12.1 Å². The molecule has 0 amide bonds. The summed E-state index contributed by atoms with van der Waals surface area (Å²) in [5, 5.41) is 3.66. The van der Waals surface area contributed by atoms with Crippen LogP contribution in [-0.4, -0.2) is 6.54 Å². The van der Waals surface area contributed by atoms with Crippen LogP contribution in [0.2, 0.25) is 0 Å². The van der Waals surface area contributed by atoms with Crippen LogP contribution in [0.1, 0.15) is 87.9 Å². The Labute approximate surface area is 130 Å². The number of rotatable bonds is 12. The van der Waals surface area contributed by atoms with Gasteiger partial charge in [0.15, 0.2) is 0 Å². The highest BCUT2D eigenvalue weighted by Crippen LogP contribution is 2.23. The minimum Gasteiger partial charge on any atom is -0.309 e. The summed E-state index contributed by atoms with van der Waals surface area (Å²) in [7, 11) is 0. The molecule has 1 aromatic rings. The van der Waals surface area contributed by atoms with E-state index in [1.807, 2.05) is 11.3 Å². The topological polar surface area (TPSA) is 12.0 Å². The molecule has 0 aliphatic heterocycles. The lowest BCUT2D eigenvalue weighted by Gasteiger charge is -2.11. The van der Waals surface area contributed by atoms with E-state index in [0.717, 1.165) is 13.0 Å². The number of aryl methyl sites for hydroxylation is 1. The molecule has 0 aromatic carbocycles. The summed E-state index contributed by atoms with van der Waals surface area (Å²) in [6.07, 6.45) is 12.4. The van der Waals surface area contributed by atoms with Gasteiger partial charge in [0.2, 0.25) is 0 Å². The highest BCUT2D eigenvalue weighted by molar-refractivity contribution is 7.12. The third-order valence-electron chi connectivity index (χ3n) is 3.94. The Hall–Kier alpha value is -0.340. The molecule has 1 aromatic heterocycles. The zero-order valence-electron chi connectivity index (χ0n) is 13.7. The van der Waals surface area contributed by atoms with E-state index in [9.17, 15) is 0 Å². The van der Waals surface area contributed by atoms with Crippen molar-refractivity contribution in [2.24, 2.45) is 0 Å². The van der Waals surface area contributed by atoms with Crippen molar-refractivity contribution in [1.82, 2.24) is 5.32 Å². The summed E-state index contributed by atoms with van der Waals surface area (Å²) in [5.41, 5.74) is 0. The molecule has 20 heavy (non-hydrogen) atoms. The van der Waals surface area contributed by atoms with Crippen LogP contribution < -0.4 is 5.32 Å². The monoisotopic (exact) mass is 295 g/mol. The van der Waals surface area contributed by atoms with Gasteiger partial charge in [0.1, 0.15) is 0 Å². The summed E-state index contributed by atoms with van der Waals surface area (Å²) >= 11 is 1.96. The minimum absolute atomic E-state index is 0.518. The van der Waals surface area contributed by atoms with Crippen LogP contribution in [0.4, 0.5) is 0 Å². The number of thiophene rings is 1. The van der Waals surface area contributed by atoms with Crippen LogP contribution in [-0.2, 0) is 6.42 Å². The maximum absolute atomic E-state index is 3.66. The molecule has 0 saturated carbocycles. The molecule has 2 heteroatoms. The van der Waals surface area contributed by atoms with Crippen molar-refractivity contribution in [3.8, 4) is 0 Å². The molecule has 0 spiro atoms. The molecule has 1 heterocycles. The van der Waals surface area contributed by atoms with Gasteiger partial charge in [-0.2, -0.15) is 0 Å². The van der Waals surface area contributed by atoms with Crippen LogP contribution in [0.3, 0.4) is 0 Å². The molecule has 1 unspecified atom stereocenters. The first-order valence-corrected chi connectivity index (χ1v) is 9.41. The standard InChI is InChI=1S/C18H33NS/c1-4-6-7-8-9-10-11-12-15-19-16(3)18-14-13-17(5-2)20-18/h13-14,16,19H,4-12,15H2,1-3H3. The second-order valence-electron chi connectivity index (χ2n) is 5.81. The predicted molar refractivity (Wildman–Crippen MR) is 92.7 cm³/mol. The molecule has 0 aliphatic carbocycles. The first kappa shape index (κ1) is 17.7. The molecule has 1 nitrogen and oxygen atoms in total. The predicted octanol–water partition coefficient (Wildman–Crippen LogP) is 6.10. The van der Waals surface area contributed by atoms with E-state index < -0.39 is 0 Å². The van der Waals surface area contributed by atoms with Crippen LogP contribution in [0, 0.1) is 0 Å². The molecule has 1 N–H and O–H groups in total. The normalized spacial score (nSPS) is 12.8. The lowest BCUT2D eigenvalue weighted by molar-refractivity contribution is 0.525. The van der Waals surface area contributed by atoms with Gasteiger partial charge < -0.3 is 5.32 Å². The van der Waals surface area contributed by atoms with Gasteiger partial charge in [0.25, 0.3) is 0 Å². The summed E-state index contributed by atoms with van der Waals surface area (Å²) in [4.78, 5) is 2.99. The Kier molecular flexibility index (Phi) is 10.0. The van der Waals surface area contributed by atoms with Gasteiger partial charge in [0, 0.05) is 15.8 Å². The van der Waals surface area contributed by atoms with Gasteiger partial charge in [0.05, 0.1) is 0 Å². The summed E-state index contributed by atoms with van der Waals surface area (Å²) in [5.74, 6) is 0. The van der Waals surface area contributed by atoms with Gasteiger partial charge in [-0.3, -0.25) is 0 Å². The third-order valence-corrected chi connectivity index (χ3v) is 5.35. The third kappa shape index (κ3) is 7.44. The second kappa shape index (κ2) is 11.3. The Morgan fingerprint density at radius 2 is 1.60 bits per heavy atom. The van der Waals surface area contributed by atoms with Crippen molar-refractivity contribution in [2.45, 2.75) is 84.6 Å². The number of nitrogens with one attached hydrogen (secondary N) is 1. The van der Waals surface area contributed by atoms with Gasteiger partial charge in [-0.1, -0.05) is 58.8 Å². The van der Waals surface area contributed by atoms with Crippen molar-refractivity contribution < 1.29 is 0 Å². The molecule has 0 fully saturated rings. The fourth-order valence-corrected chi connectivity index (χ4v) is 3.47. The van der Waals surface area contributed by atoms with Gasteiger partial charge in [-0.25, -0.2) is 0 Å². The van der Waals surface area contributed by atoms with E-state index in [4.69, 9.17) is 0 Å². The van der Waals surface area contributed by atoms with E-state index in [0.29, 0.717) is 6.04 Å². The largest absolute Gasteiger partial charge is 0.309 e. The SMILES string of the molecule is CCCCCCCCCCNC(C)c1ccc(CC)s1. The molecular weight excluding hydrogens is 262 g/mol. The van der Waals surface area contributed by atoms with E-state index in [-0.39, 0.29) is 0 Å². The summed E-state index contributed by atoms with van der Waals surface area (Å²) in [6.45, 7) is 7.96. The number of hydrogen-bond acceptors (Lipinski definition) is 2. The first-order valence-electron chi connectivity index (χ1n) is 8.59. The molecule has 1 atom stereocenters. The van der Waals surface area contributed by atoms with Gasteiger partial charge in [-0.05, 0) is 38.4 Å². The maximum Gasteiger partial charge on any atom is 0.0386 e. The summed E-state index contributed by atoms with van der Waals surface area (Å²) in [6, 6.07) is 5.08. The van der Waals surface area contributed by atoms with Crippen LogP contribution >= 0.6 is 11.3 Å². The lowest BCUT2D eigenvalue weighted by atomic mass is 10.1. The fraction of sp³-hybridized carbons (Fsp3) is 0.778. The zero-order valence-corrected chi connectivity index (χ0v) is 14.5. The van der Waals surface area contributed by atoms with E-state index >= 15 is 0 Å². The molecular formula is C18H33NS. The average Bonchev–Trinajstić information content (AvgIpc) is 2.94. The van der Waals surface area contributed by atoms with Crippen LogP contribution in [0.25, 0.3) is 0 Å². The maximum atomic E-state index is 3.66. The van der Waals surface area contributed by atoms with E-state index in [1.54, 1.807) is 0 Å². The highest BCUT2D eigenvalue weighted by Gasteiger charge is 2.06. The average molecular weight is 296 g/mol. The van der Waals surface area contributed by atoms with Crippen molar-refractivity contribution in [1.29, 1.82) is 0 Å². The van der Waals surface area contributed by atoms with Gasteiger partial charge in [-0.15, -0.1) is 11.3 Å². The smallest absolute Gasteiger partial charge is 0.0386 e. The lowest BCUT2D eigenvalue weighted by Crippen LogP contribution is -2.18. The van der Waals surface area contributed by atoms with E-state index in [2.05, 4.69) is 38.2 Å². The Morgan fingerprint density at radius 1 is 0.950 bits per heavy atom. The zero-order chi connectivity index (χ0) is 14.6. The molecule has 0 bridgehead atoms. The molecule has 0 aliphatic rings. The Balaban J connectivity index is 1.98. The first-order chi connectivity index (χ1) is 9.77. The molecule has 116 valence electrons. The second-order valence-corrected chi connectivity index (χ2v) is 7.01. The Morgan fingerprint density at radius 3 is 2.20 bits per heavy atom. The van der Waals surface area contributed by atoms with Crippen molar-refractivity contribution in [3.05, 3.63) is 21.9 Å². The fourth-order valence-electron chi connectivity index (χ4n) is 2.50. The Bertz CT molecular complexity index is 332. The quantitative estimate of drug-likeness (QED) is 0.459. The minimum atomic E-state index is 0.518.